The van der Waals surface area contributed by atoms with E-state index >= 15 is 0 Å². The number of aromatic amines is 1. The van der Waals surface area contributed by atoms with Gasteiger partial charge in [0, 0.05) is 11.6 Å². The maximum atomic E-state index is 12.5. The van der Waals surface area contributed by atoms with E-state index in [0.29, 0.717) is 32.2 Å². The van der Waals surface area contributed by atoms with E-state index in [4.69, 9.17) is 28.5 Å². The maximum absolute atomic E-state index is 12.5. The van der Waals surface area contributed by atoms with E-state index in [2.05, 4.69) is 9.71 Å². The number of benzene rings is 2. The van der Waals surface area contributed by atoms with Crippen LogP contribution in [0.3, 0.4) is 0 Å². The number of halogens is 2. The molecule has 3 aromatic rings. The normalized spacial score (nSPS) is 11.3. The number of nitriles is 1. The van der Waals surface area contributed by atoms with Gasteiger partial charge in [-0.25, -0.2) is 8.42 Å². The number of nitrogens with one attached hydrogen (secondary N) is 2. The van der Waals surface area contributed by atoms with Gasteiger partial charge >= 0.3 is 0 Å². The smallest absolute Gasteiger partial charge is 0.261 e. The zero-order chi connectivity index (χ0) is 16.6. The lowest BCUT2D eigenvalue weighted by Gasteiger charge is -2.10. The van der Waals surface area contributed by atoms with E-state index in [1.165, 1.54) is 30.5 Å². The highest BCUT2D eigenvalue weighted by molar-refractivity contribution is 7.92. The quantitative estimate of drug-likeness (QED) is 0.730. The number of hydrogen-bond acceptors (Lipinski definition) is 3. The van der Waals surface area contributed by atoms with Gasteiger partial charge in [-0.1, -0.05) is 23.2 Å². The number of sulfonamides is 1. The molecule has 2 aromatic carbocycles. The van der Waals surface area contributed by atoms with Crippen molar-refractivity contribution in [3.63, 3.8) is 0 Å². The summed E-state index contributed by atoms with van der Waals surface area (Å²) < 4.78 is 27.4. The van der Waals surface area contributed by atoms with Gasteiger partial charge in [0.05, 0.1) is 37.8 Å². The molecule has 1 aromatic heterocycles. The molecule has 3 rings (SSSR count). The molecule has 8 heteroatoms. The second-order valence-corrected chi connectivity index (χ2v) is 7.22. The number of hydrogen-bond donors (Lipinski definition) is 2. The summed E-state index contributed by atoms with van der Waals surface area (Å²) in [6.07, 6.45) is 1.54. The van der Waals surface area contributed by atoms with Crippen molar-refractivity contribution in [2.45, 2.75) is 4.90 Å². The van der Waals surface area contributed by atoms with Crippen LogP contribution in [0.2, 0.25) is 10.0 Å². The van der Waals surface area contributed by atoms with Crippen LogP contribution >= 0.6 is 23.2 Å². The Morgan fingerprint density at radius 1 is 1.04 bits per heavy atom. The molecule has 0 aliphatic carbocycles. The number of fused-ring (bicyclic) bond motifs is 1. The van der Waals surface area contributed by atoms with E-state index in [1.807, 2.05) is 6.07 Å². The Labute approximate surface area is 142 Å². The number of aromatic nitrogens is 1. The van der Waals surface area contributed by atoms with Crippen molar-refractivity contribution in [1.29, 1.82) is 5.26 Å². The first-order chi connectivity index (χ1) is 10.9. The molecule has 5 nitrogen and oxygen atoms in total. The largest absolute Gasteiger partial charge is 0.358 e. The van der Waals surface area contributed by atoms with E-state index in [1.54, 1.807) is 12.1 Å². The fourth-order valence-corrected chi connectivity index (χ4v) is 3.80. The summed E-state index contributed by atoms with van der Waals surface area (Å²) in [4.78, 5) is 2.96. The van der Waals surface area contributed by atoms with E-state index in [9.17, 15) is 8.42 Å². The molecule has 0 spiro atoms. The van der Waals surface area contributed by atoms with Crippen LogP contribution in [0.5, 0.6) is 0 Å². The highest BCUT2D eigenvalue weighted by Crippen LogP contribution is 2.35. The van der Waals surface area contributed by atoms with Crippen molar-refractivity contribution in [3.8, 4) is 6.07 Å². The molecule has 0 bridgehead atoms. The van der Waals surface area contributed by atoms with Crippen molar-refractivity contribution < 1.29 is 8.42 Å². The maximum Gasteiger partial charge on any atom is 0.261 e. The van der Waals surface area contributed by atoms with Crippen LogP contribution in [0.15, 0.2) is 47.5 Å². The van der Waals surface area contributed by atoms with Crippen LogP contribution in [0, 0.1) is 11.3 Å². The van der Waals surface area contributed by atoms with Crippen molar-refractivity contribution in [1.82, 2.24) is 4.98 Å². The van der Waals surface area contributed by atoms with Gasteiger partial charge in [-0.15, -0.1) is 0 Å². The topological polar surface area (TPSA) is 85.8 Å². The minimum atomic E-state index is -3.80. The number of anilines is 1. The SMILES string of the molecule is N#Cc1ccc(S(=O)(=O)Nc2ccc(Cl)c3c(Cl)c[nH]c23)cc1. The molecule has 0 unspecified atom stereocenters. The van der Waals surface area contributed by atoms with Crippen molar-refractivity contribution in [2.24, 2.45) is 0 Å². The predicted octanol–water partition coefficient (Wildman–Crippen LogP) is 4.15. The first-order valence-electron chi connectivity index (χ1n) is 6.40. The van der Waals surface area contributed by atoms with Crippen LogP contribution < -0.4 is 4.72 Å². The van der Waals surface area contributed by atoms with Crippen molar-refractivity contribution in [2.75, 3.05) is 4.72 Å². The molecule has 23 heavy (non-hydrogen) atoms. The monoisotopic (exact) mass is 365 g/mol. The second-order valence-electron chi connectivity index (χ2n) is 4.72. The lowest BCUT2D eigenvalue weighted by molar-refractivity contribution is 0.601. The molecule has 0 saturated heterocycles. The average Bonchev–Trinajstić information content (AvgIpc) is 2.93. The van der Waals surface area contributed by atoms with Crippen molar-refractivity contribution >= 4 is 49.8 Å². The second kappa shape index (κ2) is 5.78. The Morgan fingerprint density at radius 2 is 1.74 bits per heavy atom. The van der Waals surface area contributed by atoms with Gasteiger partial charge in [-0.2, -0.15) is 5.26 Å². The minimum absolute atomic E-state index is 0.0530. The Hall–Kier alpha value is -2.20. The molecular formula is C15H9Cl2N3O2S. The number of rotatable bonds is 3. The zero-order valence-corrected chi connectivity index (χ0v) is 13.8. The van der Waals surface area contributed by atoms with E-state index < -0.39 is 10.0 Å². The van der Waals surface area contributed by atoms with Gasteiger partial charge in [0.15, 0.2) is 0 Å². The Bertz CT molecular complexity index is 1040. The molecule has 1 heterocycles. The van der Waals surface area contributed by atoms with Crippen molar-refractivity contribution in [3.05, 3.63) is 58.2 Å². The van der Waals surface area contributed by atoms with Crippen LogP contribution in [0.4, 0.5) is 5.69 Å². The van der Waals surface area contributed by atoms with Gasteiger partial charge in [0.25, 0.3) is 10.0 Å². The Balaban J connectivity index is 2.04. The summed E-state index contributed by atoms with van der Waals surface area (Å²) in [5, 5.41) is 10.1. The summed E-state index contributed by atoms with van der Waals surface area (Å²) in [5.74, 6) is 0. The van der Waals surface area contributed by atoms with Gasteiger partial charge in [-0.3, -0.25) is 4.72 Å². The molecule has 0 saturated carbocycles. The molecule has 0 amide bonds. The van der Waals surface area contributed by atoms with Gasteiger partial charge in [-0.05, 0) is 36.4 Å². The predicted molar refractivity (Wildman–Crippen MR) is 90.3 cm³/mol. The summed E-state index contributed by atoms with van der Waals surface area (Å²) in [7, 11) is -3.80. The standard InChI is InChI=1S/C15H9Cl2N3O2S/c16-11-5-6-13(15-14(11)12(17)8-19-15)20-23(21,22)10-3-1-9(7-18)2-4-10/h1-6,8,19-20H. The molecule has 0 atom stereocenters. The van der Waals surface area contributed by atoms with Gasteiger partial charge in [0.1, 0.15) is 0 Å². The van der Waals surface area contributed by atoms with E-state index in [0.717, 1.165) is 0 Å². The third-order valence-electron chi connectivity index (χ3n) is 3.27. The summed E-state index contributed by atoms with van der Waals surface area (Å²) in [6, 6.07) is 10.7. The molecule has 0 fully saturated rings. The Kier molecular flexibility index (Phi) is 3.94. The Morgan fingerprint density at radius 3 is 2.39 bits per heavy atom. The number of nitrogens with zero attached hydrogens (tertiary/aromatic N) is 1. The lowest BCUT2D eigenvalue weighted by atomic mass is 10.2. The van der Waals surface area contributed by atoms with Gasteiger partial charge in [0.2, 0.25) is 0 Å². The average molecular weight is 366 g/mol. The first kappa shape index (κ1) is 15.7. The molecule has 2 N–H and O–H groups in total. The third-order valence-corrected chi connectivity index (χ3v) is 5.27. The minimum Gasteiger partial charge on any atom is -0.358 e. The van der Waals surface area contributed by atoms with Crippen LogP contribution in [-0.4, -0.2) is 13.4 Å². The third kappa shape index (κ3) is 2.86. The zero-order valence-electron chi connectivity index (χ0n) is 11.5. The molecule has 0 aliphatic heterocycles. The summed E-state index contributed by atoms with van der Waals surface area (Å²) in [6.45, 7) is 0. The lowest BCUT2D eigenvalue weighted by Crippen LogP contribution is -2.13. The summed E-state index contributed by atoms with van der Waals surface area (Å²) >= 11 is 12.1. The summed E-state index contributed by atoms with van der Waals surface area (Å²) in [5.41, 5.74) is 1.22. The number of H-pyrrole nitrogens is 1. The van der Waals surface area contributed by atoms with Gasteiger partial charge < -0.3 is 4.98 Å². The van der Waals surface area contributed by atoms with Crippen LogP contribution in [-0.2, 0) is 10.0 Å². The highest BCUT2D eigenvalue weighted by Gasteiger charge is 2.17. The first-order valence-corrected chi connectivity index (χ1v) is 8.64. The van der Waals surface area contributed by atoms with Crippen LogP contribution in [0.1, 0.15) is 5.56 Å². The fraction of sp³-hybridized carbons (Fsp3) is 0. The highest BCUT2D eigenvalue weighted by atomic mass is 35.5. The molecule has 0 aliphatic rings. The van der Waals surface area contributed by atoms with Crippen LogP contribution in [0.25, 0.3) is 10.9 Å². The molecular weight excluding hydrogens is 357 g/mol. The molecule has 0 radical (unpaired) electrons. The fourth-order valence-electron chi connectivity index (χ4n) is 2.17. The van der Waals surface area contributed by atoms with E-state index in [-0.39, 0.29) is 4.90 Å². The molecule has 116 valence electrons.